The predicted molar refractivity (Wildman–Crippen MR) is 197 cm³/mol. The molecule has 1 radical (unpaired) electrons. The van der Waals surface area contributed by atoms with Crippen LogP contribution >= 0.6 is 11.3 Å². The van der Waals surface area contributed by atoms with Crippen molar-refractivity contribution in [2.24, 2.45) is 0 Å². The van der Waals surface area contributed by atoms with Crippen LogP contribution in [-0.2, 0) is 20.1 Å². The van der Waals surface area contributed by atoms with Crippen LogP contribution in [0.25, 0.3) is 53.8 Å². The first-order valence-corrected chi connectivity index (χ1v) is 23.7. The molecule has 3 aromatic heterocycles. The maximum Gasteiger partial charge on any atom is 0 e. The Morgan fingerprint density at radius 3 is 2.22 bits per heavy atom. The van der Waals surface area contributed by atoms with Crippen molar-refractivity contribution in [2.75, 3.05) is 0 Å². The summed E-state index contributed by atoms with van der Waals surface area (Å²) >= 11 is 0.0624. The minimum absolute atomic E-state index is 0. The van der Waals surface area contributed by atoms with E-state index in [9.17, 15) is 0 Å². The van der Waals surface area contributed by atoms with Crippen LogP contribution < -0.4 is 4.40 Å². The number of benzene rings is 4. The minimum Gasteiger partial charge on any atom is 0 e. The van der Waals surface area contributed by atoms with E-state index in [1.54, 1.807) is 0 Å². The van der Waals surface area contributed by atoms with Gasteiger partial charge in [-0.15, -0.1) is 17.7 Å². The molecular formula is C41H38GeIrN2S-2. The molecule has 233 valence electrons. The molecule has 7 rings (SSSR count). The van der Waals surface area contributed by atoms with Crippen LogP contribution in [0.5, 0.6) is 0 Å². The summed E-state index contributed by atoms with van der Waals surface area (Å²) in [6.45, 7) is 6.63. The third-order valence-corrected chi connectivity index (χ3v) is 13.8. The molecule has 0 saturated heterocycles. The van der Waals surface area contributed by atoms with E-state index in [0.29, 0.717) is 5.92 Å². The van der Waals surface area contributed by atoms with Gasteiger partial charge in [0.2, 0.25) is 0 Å². The van der Waals surface area contributed by atoms with Crippen LogP contribution in [0.3, 0.4) is 0 Å². The first kappa shape index (κ1) is 33.9. The Bertz CT molecular complexity index is 2080. The second kappa shape index (κ2) is 14.6. The third kappa shape index (κ3) is 7.26. The fourth-order valence-corrected chi connectivity index (χ4v) is 10.6. The standard InChI is InChI=1S/C26H20NS.C15H18GeN.Ir/c1-17(2)19-14-15-27-23(16-19)21-13-12-20(18-8-4-3-5-9-18)25-22-10-6-7-11-24(22)28-26(21)25;1-12-10-15(13-8-6-5-7-9-13)17-11-14(12)16(2,3)4;/h3-12,14-17H,1-2H3;5-8,10-11H,1-4H3;/q2*-1;. The summed E-state index contributed by atoms with van der Waals surface area (Å²) in [7, 11) is 0. The number of thiophene rings is 1. The van der Waals surface area contributed by atoms with Crippen LogP contribution in [0, 0.1) is 19.1 Å². The molecule has 0 spiro atoms. The van der Waals surface area contributed by atoms with Crippen molar-refractivity contribution < 1.29 is 20.1 Å². The molecule has 0 aliphatic rings. The normalized spacial score (nSPS) is 11.3. The van der Waals surface area contributed by atoms with Gasteiger partial charge >= 0.3 is 106 Å². The van der Waals surface area contributed by atoms with Gasteiger partial charge in [0.15, 0.2) is 0 Å². The summed E-state index contributed by atoms with van der Waals surface area (Å²) in [5, 5.41) is 2.61. The van der Waals surface area contributed by atoms with Crippen molar-refractivity contribution in [1.82, 2.24) is 9.97 Å². The zero-order valence-corrected chi connectivity index (χ0v) is 32.5. The second-order valence-electron chi connectivity index (χ2n) is 12.8. The molecule has 2 nitrogen and oxygen atoms in total. The summed E-state index contributed by atoms with van der Waals surface area (Å²) < 4.78 is 4.05. The van der Waals surface area contributed by atoms with Crippen LogP contribution in [-0.4, -0.2) is 23.2 Å². The van der Waals surface area contributed by atoms with Crippen molar-refractivity contribution in [3.8, 4) is 33.6 Å². The molecule has 0 saturated carbocycles. The summed E-state index contributed by atoms with van der Waals surface area (Å²) in [5.41, 5.74) is 9.34. The van der Waals surface area contributed by atoms with Gasteiger partial charge in [-0.05, 0) is 33.8 Å². The van der Waals surface area contributed by atoms with Crippen molar-refractivity contribution in [3.05, 3.63) is 139 Å². The molecule has 46 heavy (non-hydrogen) atoms. The first-order chi connectivity index (χ1) is 21.7. The van der Waals surface area contributed by atoms with E-state index in [0.717, 1.165) is 22.5 Å². The number of aromatic nitrogens is 2. The smallest absolute Gasteiger partial charge is 0 e. The van der Waals surface area contributed by atoms with E-state index in [2.05, 4.69) is 146 Å². The van der Waals surface area contributed by atoms with Gasteiger partial charge in [-0.1, -0.05) is 90.5 Å². The van der Waals surface area contributed by atoms with E-state index in [4.69, 9.17) is 4.98 Å². The summed E-state index contributed by atoms with van der Waals surface area (Å²) in [4.78, 5) is 9.28. The summed E-state index contributed by atoms with van der Waals surface area (Å²) in [5.74, 6) is 7.68. The van der Waals surface area contributed by atoms with Crippen LogP contribution in [0.2, 0.25) is 17.3 Å². The quantitative estimate of drug-likeness (QED) is 0.127. The van der Waals surface area contributed by atoms with Crippen LogP contribution in [0.1, 0.15) is 30.9 Å². The molecule has 0 aliphatic heterocycles. The van der Waals surface area contributed by atoms with Gasteiger partial charge in [-0.25, -0.2) is 0 Å². The fraction of sp³-hybridized carbons (Fsp3) is 0.171. The molecule has 3 heterocycles. The topological polar surface area (TPSA) is 25.8 Å². The molecule has 0 unspecified atom stereocenters. The number of hydrogen-bond acceptors (Lipinski definition) is 3. The van der Waals surface area contributed by atoms with Gasteiger partial charge in [-0.3, -0.25) is 0 Å². The summed E-state index contributed by atoms with van der Waals surface area (Å²) in [6, 6.07) is 42.7. The fourth-order valence-electron chi connectivity index (χ4n) is 5.79. The molecule has 0 bridgehead atoms. The second-order valence-corrected chi connectivity index (χ2v) is 24.4. The molecule has 4 aromatic carbocycles. The Morgan fingerprint density at radius 1 is 0.783 bits per heavy atom. The summed E-state index contributed by atoms with van der Waals surface area (Å²) in [6.07, 6.45) is 3.99. The largest absolute Gasteiger partial charge is 0 e. The van der Waals surface area contributed by atoms with E-state index in [-0.39, 0.29) is 20.1 Å². The number of nitrogens with zero attached hydrogens (tertiary/aromatic N) is 2. The first-order valence-electron chi connectivity index (χ1n) is 15.5. The maximum absolute atomic E-state index is 4.69. The monoisotopic (exact) mass is 857 g/mol. The SMILES string of the molecule is CC(C)c1ccnc(-c2[c-]cc(-c3ccccc3)c3c2sc2ccccc23)c1.Cc1cc(-c2[c-]cccc2)nc[c]1[Ge]([CH3])([CH3])[CH3].[Ir]. The molecule has 0 amide bonds. The van der Waals surface area contributed by atoms with Gasteiger partial charge < -0.3 is 4.98 Å². The molecular weight excluding hydrogens is 817 g/mol. The van der Waals surface area contributed by atoms with Crippen LogP contribution in [0.4, 0.5) is 0 Å². The molecule has 0 N–H and O–H groups in total. The average molecular weight is 856 g/mol. The van der Waals surface area contributed by atoms with Gasteiger partial charge in [0.25, 0.3) is 0 Å². The molecule has 0 atom stereocenters. The molecule has 5 heteroatoms. The number of pyridine rings is 2. The van der Waals surface area contributed by atoms with E-state index >= 15 is 0 Å². The van der Waals surface area contributed by atoms with Crippen molar-refractivity contribution >= 4 is 49.2 Å². The number of hydrogen-bond donors (Lipinski definition) is 0. The minimum atomic E-state index is -1.77. The average Bonchev–Trinajstić information content (AvgIpc) is 3.45. The van der Waals surface area contributed by atoms with Gasteiger partial charge in [-0.2, -0.15) is 11.3 Å². The molecule has 0 aliphatic carbocycles. The molecule has 0 fully saturated rings. The van der Waals surface area contributed by atoms with E-state index < -0.39 is 13.3 Å². The van der Waals surface area contributed by atoms with E-state index in [1.807, 2.05) is 35.7 Å². The van der Waals surface area contributed by atoms with Crippen molar-refractivity contribution in [1.29, 1.82) is 0 Å². The third-order valence-electron chi connectivity index (χ3n) is 8.15. The predicted octanol–water partition coefficient (Wildman–Crippen LogP) is 11.1. The van der Waals surface area contributed by atoms with Gasteiger partial charge in [0.05, 0.1) is 0 Å². The zero-order valence-electron chi connectivity index (χ0n) is 27.2. The number of fused-ring (bicyclic) bond motifs is 3. The van der Waals surface area contributed by atoms with Crippen LogP contribution in [0.15, 0.2) is 116 Å². The number of aryl methyl sites for hydroxylation is 1. The van der Waals surface area contributed by atoms with Gasteiger partial charge in [0.1, 0.15) is 0 Å². The Kier molecular flexibility index (Phi) is 10.7. The Labute approximate surface area is 293 Å². The number of rotatable bonds is 5. The Morgan fingerprint density at radius 2 is 1.52 bits per heavy atom. The Balaban J connectivity index is 0.000000200. The van der Waals surface area contributed by atoms with Crippen molar-refractivity contribution in [3.63, 3.8) is 0 Å². The van der Waals surface area contributed by atoms with Gasteiger partial charge in [0, 0.05) is 31.0 Å². The zero-order chi connectivity index (χ0) is 31.6. The van der Waals surface area contributed by atoms with Crippen molar-refractivity contribution in [2.45, 2.75) is 44.0 Å². The maximum atomic E-state index is 4.69. The molecule has 7 aromatic rings. The van der Waals surface area contributed by atoms with E-state index in [1.165, 1.54) is 46.8 Å². The Hall–Kier alpha value is -3.41.